The van der Waals surface area contributed by atoms with E-state index in [9.17, 15) is 13.6 Å². The van der Waals surface area contributed by atoms with Crippen LogP contribution in [-0.2, 0) is 10.2 Å². The first-order valence-corrected chi connectivity index (χ1v) is 4.94. The van der Waals surface area contributed by atoms with Crippen molar-refractivity contribution in [2.24, 2.45) is 0 Å². The number of halogens is 2. The van der Waals surface area contributed by atoms with Gasteiger partial charge in [-0.3, -0.25) is 4.79 Å². The van der Waals surface area contributed by atoms with Gasteiger partial charge in [-0.25, -0.2) is 8.78 Å². The van der Waals surface area contributed by atoms with Gasteiger partial charge in [-0.2, -0.15) is 0 Å². The molecule has 1 aromatic carbocycles. The molecule has 2 rings (SSSR count). The maximum absolute atomic E-state index is 13.6. The van der Waals surface area contributed by atoms with Crippen LogP contribution in [0, 0.1) is 18.6 Å². The van der Waals surface area contributed by atoms with Gasteiger partial charge in [0.25, 0.3) is 0 Å². The van der Waals surface area contributed by atoms with E-state index in [1.54, 1.807) is 6.92 Å². The molecule has 0 N–H and O–H groups in total. The number of ketones is 1. The second kappa shape index (κ2) is 3.12. The Morgan fingerprint density at radius 2 is 1.73 bits per heavy atom. The summed E-state index contributed by atoms with van der Waals surface area (Å²) in [7, 11) is 0. The minimum atomic E-state index is -0.873. The molecule has 0 aromatic heterocycles. The summed E-state index contributed by atoms with van der Waals surface area (Å²) in [6.45, 7) is 3.02. The topological polar surface area (TPSA) is 17.1 Å². The first kappa shape index (κ1) is 10.3. The highest BCUT2D eigenvalue weighted by Gasteiger charge is 2.52. The van der Waals surface area contributed by atoms with Crippen molar-refractivity contribution in [2.45, 2.75) is 32.1 Å². The molecule has 80 valence electrons. The van der Waals surface area contributed by atoms with E-state index in [1.807, 2.05) is 0 Å². The molecule has 0 bridgehead atoms. The third-order valence-corrected chi connectivity index (χ3v) is 3.09. The molecule has 1 fully saturated rings. The predicted octanol–water partition coefficient (Wildman–Crippen LogP) is 2.89. The molecule has 0 heterocycles. The van der Waals surface area contributed by atoms with Crippen LogP contribution in [0.4, 0.5) is 8.78 Å². The molecule has 0 spiro atoms. The van der Waals surface area contributed by atoms with E-state index in [-0.39, 0.29) is 11.3 Å². The normalized spacial score (nSPS) is 17.6. The molecule has 1 aliphatic carbocycles. The van der Waals surface area contributed by atoms with Crippen LogP contribution in [0.2, 0.25) is 0 Å². The number of hydrogen-bond donors (Lipinski definition) is 0. The standard InChI is InChI=1S/C12H12F2O/c1-7-5-9(13)11(10(14)6-7)12(3-4-12)8(2)15/h5-6H,3-4H2,1-2H3. The molecular weight excluding hydrogens is 198 g/mol. The molecule has 0 atom stereocenters. The summed E-state index contributed by atoms with van der Waals surface area (Å²) in [6.07, 6.45) is 1.11. The molecule has 3 heteroatoms. The zero-order valence-corrected chi connectivity index (χ0v) is 8.73. The highest BCUT2D eigenvalue weighted by atomic mass is 19.1. The molecule has 0 radical (unpaired) electrons. The van der Waals surface area contributed by atoms with E-state index in [0.717, 1.165) is 0 Å². The molecule has 1 aromatic rings. The predicted molar refractivity (Wildman–Crippen MR) is 52.7 cm³/mol. The molecule has 1 nitrogen and oxygen atoms in total. The Bertz CT molecular complexity index is 410. The van der Waals surface area contributed by atoms with Crippen LogP contribution in [0.25, 0.3) is 0 Å². The first-order chi connectivity index (χ1) is 6.97. The monoisotopic (exact) mass is 210 g/mol. The van der Waals surface area contributed by atoms with Crippen molar-refractivity contribution < 1.29 is 13.6 Å². The van der Waals surface area contributed by atoms with Gasteiger partial charge in [0.15, 0.2) is 0 Å². The Hall–Kier alpha value is -1.25. The second-order valence-electron chi connectivity index (χ2n) is 4.24. The van der Waals surface area contributed by atoms with Crippen molar-refractivity contribution in [2.75, 3.05) is 0 Å². The van der Waals surface area contributed by atoms with Gasteiger partial charge in [0, 0.05) is 5.56 Å². The van der Waals surface area contributed by atoms with Crippen molar-refractivity contribution in [3.05, 3.63) is 34.9 Å². The summed E-state index contributed by atoms with van der Waals surface area (Å²) in [5.41, 5.74) is -0.379. The Morgan fingerprint density at radius 3 is 2.07 bits per heavy atom. The van der Waals surface area contributed by atoms with Crippen LogP contribution in [0.5, 0.6) is 0 Å². The number of benzene rings is 1. The van der Waals surface area contributed by atoms with Crippen molar-refractivity contribution >= 4 is 5.78 Å². The van der Waals surface area contributed by atoms with E-state index >= 15 is 0 Å². The van der Waals surface area contributed by atoms with Gasteiger partial charge >= 0.3 is 0 Å². The van der Waals surface area contributed by atoms with E-state index in [4.69, 9.17) is 0 Å². The highest BCUT2D eigenvalue weighted by Crippen LogP contribution is 2.50. The summed E-state index contributed by atoms with van der Waals surface area (Å²) in [4.78, 5) is 11.4. The molecule has 15 heavy (non-hydrogen) atoms. The number of rotatable bonds is 2. The van der Waals surface area contributed by atoms with E-state index < -0.39 is 17.0 Å². The van der Waals surface area contributed by atoms with Crippen molar-refractivity contribution in [1.82, 2.24) is 0 Å². The van der Waals surface area contributed by atoms with Crippen molar-refractivity contribution in [1.29, 1.82) is 0 Å². The molecule has 0 saturated heterocycles. The zero-order chi connectivity index (χ0) is 11.2. The lowest BCUT2D eigenvalue weighted by molar-refractivity contribution is -0.119. The summed E-state index contributed by atoms with van der Waals surface area (Å²) >= 11 is 0. The van der Waals surface area contributed by atoms with Crippen LogP contribution in [0.15, 0.2) is 12.1 Å². The van der Waals surface area contributed by atoms with E-state index in [0.29, 0.717) is 18.4 Å². The quantitative estimate of drug-likeness (QED) is 0.733. The largest absolute Gasteiger partial charge is 0.299 e. The Balaban J connectivity index is 2.58. The molecule has 1 aliphatic rings. The zero-order valence-electron chi connectivity index (χ0n) is 8.73. The van der Waals surface area contributed by atoms with Crippen LogP contribution in [0.1, 0.15) is 30.9 Å². The van der Waals surface area contributed by atoms with Crippen LogP contribution >= 0.6 is 0 Å². The Labute approximate surface area is 87.1 Å². The third kappa shape index (κ3) is 1.46. The number of Topliss-reactive ketones (excluding diaryl/α,β-unsaturated/α-hetero) is 1. The Morgan fingerprint density at radius 1 is 1.27 bits per heavy atom. The summed E-state index contributed by atoms with van der Waals surface area (Å²) in [5.74, 6) is -1.34. The summed E-state index contributed by atoms with van der Waals surface area (Å²) in [6, 6.07) is 2.56. The van der Waals surface area contributed by atoms with Gasteiger partial charge in [-0.1, -0.05) is 0 Å². The summed E-state index contributed by atoms with van der Waals surface area (Å²) < 4.78 is 27.2. The minimum Gasteiger partial charge on any atom is -0.299 e. The lowest BCUT2D eigenvalue weighted by Crippen LogP contribution is -2.20. The van der Waals surface area contributed by atoms with Gasteiger partial charge in [0.1, 0.15) is 17.4 Å². The maximum Gasteiger partial charge on any atom is 0.140 e. The molecule has 0 aliphatic heterocycles. The fraction of sp³-hybridized carbons (Fsp3) is 0.417. The third-order valence-electron chi connectivity index (χ3n) is 3.09. The van der Waals surface area contributed by atoms with Gasteiger partial charge in [0.2, 0.25) is 0 Å². The second-order valence-corrected chi connectivity index (χ2v) is 4.24. The van der Waals surface area contributed by atoms with Crippen molar-refractivity contribution in [3.63, 3.8) is 0 Å². The van der Waals surface area contributed by atoms with Gasteiger partial charge < -0.3 is 0 Å². The van der Waals surface area contributed by atoms with Crippen LogP contribution in [0.3, 0.4) is 0 Å². The Kier molecular flexibility index (Phi) is 2.14. The minimum absolute atomic E-state index is 0.0411. The fourth-order valence-corrected chi connectivity index (χ4v) is 2.06. The average molecular weight is 210 g/mol. The van der Waals surface area contributed by atoms with Gasteiger partial charge in [-0.15, -0.1) is 0 Å². The van der Waals surface area contributed by atoms with E-state index in [1.165, 1.54) is 19.1 Å². The van der Waals surface area contributed by atoms with Crippen LogP contribution < -0.4 is 0 Å². The number of hydrogen-bond acceptors (Lipinski definition) is 1. The molecule has 1 saturated carbocycles. The number of aryl methyl sites for hydroxylation is 1. The summed E-state index contributed by atoms with van der Waals surface area (Å²) in [5, 5.41) is 0. The van der Waals surface area contributed by atoms with Crippen LogP contribution in [-0.4, -0.2) is 5.78 Å². The first-order valence-electron chi connectivity index (χ1n) is 4.94. The average Bonchev–Trinajstić information content (AvgIpc) is 2.83. The number of carbonyl (C=O) groups excluding carboxylic acids is 1. The molecule has 0 unspecified atom stereocenters. The fourth-order valence-electron chi connectivity index (χ4n) is 2.06. The lowest BCUT2D eigenvalue weighted by atomic mass is 9.90. The van der Waals surface area contributed by atoms with Gasteiger partial charge in [-0.05, 0) is 44.4 Å². The van der Waals surface area contributed by atoms with Gasteiger partial charge in [0.05, 0.1) is 5.41 Å². The highest BCUT2D eigenvalue weighted by molar-refractivity contribution is 5.91. The SMILES string of the molecule is CC(=O)C1(c2c(F)cc(C)cc2F)CC1. The smallest absolute Gasteiger partial charge is 0.140 e. The maximum atomic E-state index is 13.6. The molecular formula is C12H12F2O. The molecule has 0 amide bonds. The van der Waals surface area contributed by atoms with E-state index in [2.05, 4.69) is 0 Å². The number of carbonyl (C=O) groups is 1. The lowest BCUT2D eigenvalue weighted by Gasteiger charge is -2.14. The van der Waals surface area contributed by atoms with Crippen molar-refractivity contribution in [3.8, 4) is 0 Å².